The van der Waals surface area contributed by atoms with Crippen LogP contribution in [0.1, 0.15) is 27.7 Å². The molecule has 0 amide bonds. The van der Waals surface area contributed by atoms with Crippen molar-refractivity contribution in [2.45, 2.75) is 45.3 Å². The molecule has 1 fully saturated rings. The smallest absolute Gasteiger partial charge is 0.485 e. The van der Waals surface area contributed by atoms with Gasteiger partial charge < -0.3 is 14.0 Å². The normalized spacial score (nSPS) is 20.1. The highest BCUT2D eigenvalue weighted by Gasteiger charge is 2.51. The minimum absolute atomic E-state index is 0.212. The summed E-state index contributed by atoms with van der Waals surface area (Å²) in [6, 6.07) is 4.03. The molecular formula is C14H18BF3O3. The third kappa shape index (κ3) is 3.35. The second kappa shape index (κ2) is 5.53. The zero-order valence-corrected chi connectivity index (χ0v) is 12.5. The summed E-state index contributed by atoms with van der Waals surface area (Å²) in [7, 11) is -0.700. The van der Waals surface area contributed by atoms with Gasteiger partial charge in [0.25, 0.3) is 6.43 Å². The summed E-state index contributed by atoms with van der Waals surface area (Å²) >= 11 is 0. The van der Waals surface area contributed by atoms with Gasteiger partial charge in [-0.05, 0) is 45.3 Å². The Balaban J connectivity index is 2.14. The Kier molecular flexibility index (Phi) is 4.26. The Bertz CT molecular complexity index is 504. The first-order chi connectivity index (χ1) is 9.62. The van der Waals surface area contributed by atoms with Crippen LogP contribution in [-0.2, 0) is 9.31 Å². The van der Waals surface area contributed by atoms with Crippen molar-refractivity contribution >= 4 is 12.6 Å². The second-order valence-electron chi connectivity index (χ2n) is 5.98. The Hall–Kier alpha value is -1.21. The summed E-state index contributed by atoms with van der Waals surface area (Å²) in [5.74, 6) is -0.932. The lowest BCUT2D eigenvalue weighted by atomic mass is 9.79. The number of alkyl halides is 2. The van der Waals surface area contributed by atoms with Gasteiger partial charge in [-0.15, -0.1) is 0 Å². The number of hydrogen-bond donors (Lipinski definition) is 0. The third-order valence-electron chi connectivity index (χ3n) is 3.85. The van der Waals surface area contributed by atoms with Crippen LogP contribution in [0.5, 0.6) is 5.75 Å². The van der Waals surface area contributed by atoms with Gasteiger partial charge in [-0.1, -0.05) is 6.07 Å². The summed E-state index contributed by atoms with van der Waals surface area (Å²) < 4.78 is 54.3. The average Bonchev–Trinajstić information content (AvgIpc) is 2.56. The molecule has 0 atom stereocenters. The highest BCUT2D eigenvalue weighted by atomic mass is 19.3. The highest BCUT2D eigenvalue weighted by molar-refractivity contribution is 6.62. The van der Waals surface area contributed by atoms with Gasteiger partial charge in [0, 0.05) is 0 Å². The minimum Gasteiger partial charge on any atom is -0.485 e. The lowest BCUT2D eigenvalue weighted by molar-refractivity contribution is 0.00578. The molecule has 3 nitrogen and oxygen atoms in total. The van der Waals surface area contributed by atoms with Crippen molar-refractivity contribution < 1.29 is 27.2 Å². The topological polar surface area (TPSA) is 27.7 Å². The molecule has 1 aliphatic heterocycles. The van der Waals surface area contributed by atoms with E-state index < -0.39 is 37.2 Å². The Morgan fingerprint density at radius 1 is 1.14 bits per heavy atom. The van der Waals surface area contributed by atoms with Crippen LogP contribution in [0.25, 0.3) is 0 Å². The maximum absolute atomic E-state index is 13.9. The zero-order chi connectivity index (χ0) is 15.8. The third-order valence-corrected chi connectivity index (χ3v) is 3.85. The fourth-order valence-electron chi connectivity index (χ4n) is 1.91. The maximum Gasteiger partial charge on any atom is 0.494 e. The lowest BCUT2D eigenvalue weighted by Gasteiger charge is -2.32. The first-order valence-electron chi connectivity index (χ1n) is 6.68. The molecule has 0 radical (unpaired) electrons. The van der Waals surface area contributed by atoms with E-state index in [4.69, 9.17) is 14.0 Å². The van der Waals surface area contributed by atoms with Crippen LogP contribution in [0.4, 0.5) is 13.2 Å². The van der Waals surface area contributed by atoms with E-state index in [0.717, 1.165) is 0 Å². The van der Waals surface area contributed by atoms with Gasteiger partial charge in [-0.25, -0.2) is 13.2 Å². The molecule has 0 unspecified atom stereocenters. The lowest BCUT2D eigenvalue weighted by Crippen LogP contribution is -2.41. The minimum atomic E-state index is -2.65. The van der Waals surface area contributed by atoms with Crippen molar-refractivity contribution in [3.05, 3.63) is 24.0 Å². The van der Waals surface area contributed by atoms with Gasteiger partial charge in [-0.3, -0.25) is 0 Å². The van der Waals surface area contributed by atoms with Gasteiger partial charge in [0.2, 0.25) is 0 Å². The summed E-state index contributed by atoms with van der Waals surface area (Å²) in [5, 5.41) is 0. The number of benzene rings is 1. The molecule has 1 heterocycles. The van der Waals surface area contributed by atoms with E-state index in [1.165, 1.54) is 12.1 Å². The molecule has 0 aliphatic carbocycles. The van der Waals surface area contributed by atoms with Crippen molar-refractivity contribution in [3.8, 4) is 5.75 Å². The van der Waals surface area contributed by atoms with Crippen LogP contribution in [0.15, 0.2) is 18.2 Å². The van der Waals surface area contributed by atoms with Gasteiger partial charge >= 0.3 is 7.12 Å². The van der Waals surface area contributed by atoms with Crippen LogP contribution >= 0.6 is 0 Å². The van der Waals surface area contributed by atoms with E-state index in [-0.39, 0.29) is 5.75 Å². The van der Waals surface area contributed by atoms with Crippen molar-refractivity contribution in [2.24, 2.45) is 0 Å². The first kappa shape index (κ1) is 16.2. The fraction of sp³-hybridized carbons (Fsp3) is 0.571. The molecule has 2 rings (SSSR count). The molecule has 1 aromatic carbocycles. The Morgan fingerprint density at radius 3 is 2.19 bits per heavy atom. The van der Waals surface area contributed by atoms with Crippen molar-refractivity contribution in [3.63, 3.8) is 0 Å². The van der Waals surface area contributed by atoms with Gasteiger partial charge in [0.15, 0.2) is 11.6 Å². The monoisotopic (exact) mass is 302 g/mol. The number of rotatable bonds is 4. The van der Waals surface area contributed by atoms with Gasteiger partial charge in [0.1, 0.15) is 6.61 Å². The van der Waals surface area contributed by atoms with Crippen LogP contribution < -0.4 is 10.2 Å². The second-order valence-corrected chi connectivity index (χ2v) is 5.98. The summed E-state index contributed by atoms with van der Waals surface area (Å²) in [5.41, 5.74) is -0.576. The van der Waals surface area contributed by atoms with E-state index in [1.54, 1.807) is 6.07 Å². The Morgan fingerprint density at radius 2 is 1.71 bits per heavy atom. The van der Waals surface area contributed by atoms with Crippen LogP contribution in [0, 0.1) is 5.82 Å². The van der Waals surface area contributed by atoms with Crippen molar-refractivity contribution in [1.82, 2.24) is 0 Å². The quantitative estimate of drug-likeness (QED) is 0.801. The van der Waals surface area contributed by atoms with E-state index in [9.17, 15) is 13.2 Å². The molecule has 21 heavy (non-hydrogen) atoms. The molecule has 1 saturated heterocycles. The summed E-state index contributed by atoms with van der Waals surface area (Å²) in [6.07, 6.45) is -2.65. The number of halogens is 3. The summed E-state index contributed by atoms with van der Waals surface area (Å²) in [6.45, 7) is 6.73. The molecular weight excluding hydrogens is 284 g/mol. The predicted molar refractivity (Wildman–Crippen MR) is 73.6 cm³/mol. The maximum atomic E-state index is 13.9. The van der Waals surface area contributed by atoms with E-state index in [2.05, 4.69) is 0 Å². The molecule has 0 N–H and O–H groups in total. The van der Waals surface area contributed by atoms with Gasteiger partial charge in [0.05, 0.1) is 11.2 Å². The van der Waals surface area contributed by atoms with Crippen LogP contribution in [-0.4, -0.2) is 31.4 Å². The van der Waals surface area contributed by atoms with Crippen LogP contribution in [0.2, 0.25) is 0 Å². The molecule has 1 aromatic rings. The Labute approximate surface area is 122 Å². The average molecular weight is 302 g/mol. The van der Waals surface area contributed by atoms with Crippen molar-refractivity contribution in [2.75, 3.05) is 6.61 Å². The van der Waals surface area contributed by atoms with E-state index in [1.807, 2.05) is 27.7 Å². The summed E-state index contributed by atoms with van der Waals surface area (Å²) in [4.78, 5) is 0. The first-order valence-corrected chi connectivity index (χ1v) is 6.68. The largest absolute Gasteiger partial charge is 0.494 e. The number of ether oxygens (including phenoxy) is 1. The molecule has 7 heteroatoms. The van der Waals surface area contributed by atoms with Gasteiger partial charge in [-0.2, -0.15) is 0 Å². The molecule has 1 aliphatic rings. The molecule has 0 saturated carbocycles. The van der Waals surface area contributed by atoms with Crippen LogP contribution in [0.3, 0.4) is 0 Å². The molecule has 0 aromatic heterocycles. The predicted octanol–water partition coefficient (Wildman–Crippen LogP) is 2.77. The highest BCUT2D eigenvalue weighted by Crippen LogP contribution is 2.36. The SMILES string of the molecule is CC1(C)OB(c2ccc(OCC(F)F)c(F)c2)OC1(C)C. The van der Waals surface area contributed by atoms with E-state index in [0.29, 0.717) is 5.46 Å². The van der Waals surface area contributed by atoms with Crippen molar-refractivity contribution in [1.29, 1.82) is 0 Å². The fourth-order valence-corrected chi connectivity index (χ4v) is 1.91. The standard InChI is InChI=1S/C14H18BF3O3/c1-13(2)14(3,4)21-15(20-13)9-5-6-11(10(16)7-9)19-8-12(17)18/h5-7,12H,8H2,1-4H3. The van der Waals surface area contributed by atoms with E-state index >= 15 is 0 Å². The number of hydrogen-bond acceptors (Lipinski definition) is 3. The molecule has 0 bridgehead atoms. The molecule has 0 spiro atoms. The zero-order valence-electron chi connectivity index (χ0n) is 12.5. The molecule has 116 valence electrons.